The average molecular weight is 289 g/mol. The molecule has 1 saturated heterocycles. The van der Waals surface area contributed by atoms with E-state index in [-0.39, 0.29) is 5.91 Å². The summed E-state index contributed by atoms with van der Waals surface area (Å²) in [6.45, 7) is 4.26. The molecule has 1 amide bonds. The molecule has 0 aromatic heterocycles. The SMILES string of the molecule is CN(CC1CCOCC1)C(=O)c1ccc2c(c1)NCCN2. The molecule has 0 bridgehead atoms. The van der Waals surface area contributed by atoms with Crippen molar-refractivity contribution in [2.45, 2.75) is 12.8 Å². The highest BCUT2D eigenvalue weighted by atomic mass is 16.5. The zero-order chi connectivity index (χ0) is 14.7. The first-order valence-electron chi connectivity index (χ1n) is 7.69. The average Bonchev–Trinajstić information content (AvgIpc) is 2.54. The Hall–Kier alpha value is -1.75. The lowest BCUT2D eigenvalue weighted by atomic mass is 9.99. The molecule has 114 valence electrons. The molecule has 1 fully saturated rings. The molecular formula is C16H23N3O2. The van der Waals surface area contributed by atoms with Gasteiger partial charge in [-0.15, -0.1) is 0 Å². The lowest BCUT2D eigenvalue weighted by Crippen LogP contribution is -2.34. The minimum Gasteiger partial charge on any atom is -0.382 e. The quantitative estimate of drug-likeness (QED) is 0.894. The predicted molar refractivity (Wildman–Crippen MR) is 83.9 cm³/mol. The molecule has 0 atom stereocenters. The summed E-state index contributed by atoms with van der Waals surface area (Å²) in [5.41, 5.74) is 2.84. The second-order valence-electron chi connectivity index (χ2n) is 5.86. The normalized spacial score (nSPS) is 18.3. The highest BCUT2D eigenvalue weighted by Crippen LogP contribution is 2.26. The number of amides is 1. The van der Waals surface area contributed by atoms with Crippen LogP contribution in [0.25, 0.3) is 0 Å². The number of carbonyl (C=O) groups excluding carboxylic acids is 1. The van der Waals surface area contributed by atoms with Crippen LogP contribution in [0.15, 0.2) is 18.2 Å². The Labute approximate surface area is 125 Å². The summed E-state index contributed by atoms with van der Waals surface area (Å²) in [6, 6.07) is 5.84. The number of nitrogens with one attached hydrogen (secondary N) is 2. The van der Waals surface area contributed by atoms with Gasteiger partial charge in [0.1, 0.15) is 0 Å². The van der Waals surface area contributed by atoms with E-state index in [0.29, 0.717) is 5.92 Å². The Kier molecular flexibility index (Phi) is 4.29. The summed E-state index contributed by atoms with van der Waals surface area (Å²) in [5.74, 6) is 0.654. The summed E-state index contributed by atoms with van der Waals surface area (Å²) in [6.07, 6.45) is 2.10. The molecule has 3 rings (SSSR count). The second-order valence-corrected chi connectivity index (χ2v) is 5.86. The van der Waals surface area contributed by atoms with E-state index < -0.39 is 0 Å². The molecule has 0 radical (unpaired) electrons. The number of fused-ring (bicyclic) bond motifs is 1. The molecule has 5 nitrogen and oxygen atoms in total. The van der Waals surface area contributed by atoms with Gasteiger partial charge in [0.05, 0.1) is 11.4 Å². The van der Waals surface area contributed by atoms with Gasteiger partial charge in [-0.05, 0) is 37.0 Å². The summed E-state index contributed by atoms with van der Waals surface area (Å²) >= 11 is 0. The summed E-state index contributed by atoms with van der Waals surface area (Å²) in [5, 5.41) is 6.65. The number of nitrogens with zero attached hydrogens (tertiary/aromatic N) is 1. The fourth-order valence-electron chi connectivity index (χ4n) is 2.99. The van der Waals surface area contributed by atoms with Crippen molar-refractivity contribution in [3.8, 4) is 0 Å². The van der Waals surface area contributed by atoms with Crippen molar-refractivity contribution in [3.63, 3.8) is 0 Å². The van der Waals surface area contributed by atoms with Crippen molar-refractivity contribution >= 4 is 17.3 Å². The molecule has 0 aliphatic carbocycles. The lowest BCUT2D eigenvalue weighted by Gasteiger charge is -2.27. The largest absolute Gasteiger partial charge is 0.382 e. The van der Waals surface area contributed by atoms with Crippen molar-refractivity contribution < 1.29 is 9.53 Å². The van der Waals surface area contributed by atoms with Gasteiger partial charge in [0.2, 0.25) is 0 Å². The molecule has 21 heavy (non-hydrogen) atoms. The Bertz CT molecular complexity index is 512. The Morgan fingerprint density at radius 2 is 1.95 bits per heavy atom. The third-order valence-corrected chi connectivity index (χ3v) is 4.24. The molecule has 2 heterocycles. The van der Waals surface area contributed by atoms with E-state index in [1.165, 1.54) is 0 Å². The molecule has 0 saturated carbocycles. The van der Waals surface area contributed by atoms with Gasteiger partial charge in [-0.25, -0.2) is 0 Å². The monoisotopic (exact) mass is 289 g/mol. The molecule has 2 aliphatic rings. The molecule has 0 unspecified atom stereocenters. The minimum atomic E-state index is 0.0941. The first kappa shape index (κ1) is 14.2. The van der Waals surface area contributed by atoms with Gasteiger partial charge in [-0.2, -0.15) is 0 Å². The Morgan fingerprint density at radius 1 is 1.24 bits per heavy atom. The van der Waals surface area contributed by atoms with Crippen LogP contribution in [-0.4, -0.2) is 50.7 Å². The number of anilines is 2. The standard InChI is InChI=1S/C16H23N3O2/c1-19(11-12-4-8-21-9-5-12)16(20)13-2-3-14-15(10-13)18-7-6-17-14/h2-3,10,12,17-18H,4-9,11H2,1H3. The Balaban J connectivity index is 1.66. The van der Waals surface area contributed by atoms with Gasteiger partial charge < -0.3 is 20.3 Å². The Morgan fingerprint density at radius 3 is 2.71 bits per heavy atom. The van der Waals surface area contributed by atoms with Gasteiger partial charge in [0, 0.05) is 45.5 Å². The van der Waals surface area contributed by atoms with Gasteiger partial charge in [0.25, 0.3) is 5.91 Å². The van der Waals surface area contributed by atoms with E-state index in [4.69, 9.17) is 4.74 Å². The number of hydrogen-bond donors (Lipinski definition) is 2. The van der Waals surface area contributed by atoms with E-state index >= 15 is 0 Å². The number of ether oxygens (including phenoxy) is 1. The van der Waals surface area contributed by atoms with Crippen LogP contribution >= 0.6 is 0 Å². The number of hydrogen-bond acceptors (Lipinski definition) is 4. The third-order valence-electron chi connectivity index (χ3n) is 4.24. The van der Waals surface area contributed by atoms with Crippen molar-refractivity contribution in [3.05, 3.63) is 23.8 Å². The van der Waals surface area contributed by atoms with Crippen LogP contribution in [0.2, 0.25) is 0 Å². The van der Waals surface area contributed by atoms with Gasteiger partial charge >= 0.3 is 0 Å². The van der Waals surface area contributed by atoms with E-state index in [9.17, 15) is 4.79 Å². The summed E-state index contributed by atoms with van der Waals surface area (Å²) in [4.78, 5) is 14.4. The fourth-order valence-corrected chi connectivity index (χ4v) is 2.99. The highest BCUT2D eigenvalue weighted by Gasteiger charge is 2.20. The van der Waals surface area contributed by atoms with E-state index in [2.05, 4.69) is 10.6 Å². The minimum absolute atomic E-state index is 0.0941. The van der Waals surface area contributed by atoms with E-state index in [1.54, 1.807) is 0 Å². The van der Waals surface area contributed by atoms with E-state index in [1.807, 2.05) is 30.1 Å². The maximum atomic E-state index is 12.6. The topological polar surface area (TPSA) is 53.6 Å². The van der Waals surface area contributed by atoms with Crippen LogP contribution < -0.4 is 10.6 Å². The smallest absolute Gasteiger partial charge is 0.253 e. The van der Waals surface area contributed by atoms with Gasteiger partial charge in [-0.3, -0.25) is 4.79 Å². The number of benzene rings is 1. The molecule has 1 aromatic carbocycles. The molecule has 1 aromatic rings. The second kappa shape index (κ2) is 6.35. The lowest BCUT2D eigenvalue weighted by molar-refractivity contribution is 0.0497. The first-order chi connectivity index (χ1) is 10.2. The van der Waals surface area contributed by atoms with Crippen molar-refractivity contribution in [1.82, 2.24) is 4.90 Å². The van der Waals surface area contributed by atoms with Crippen molar-refractivity contribution in [2.24, 2.45) is 5.92 Å². The van der Waals surface area contributed by atoms with Gasteiger partial charge in [-0.1, -0.05) is 0 Å². The van der Waals surface area contributed by atoms with Gasteiger partial charge in [0.15, 0.2) is 0 Å². The zero-order valence-electron chi connectivity index (χ0n) is 12.5. The number of rotatable bonds is 3. The van der Waals surface area contributed by atoms with Crippen LogP contribution in [0.1, 0.15) is 23.2 Å². The predicted octanol–water partition coefficient (Wildman–Crippen LogP) is 2.02. The third kappa shape index (κ3) is 3.29. The van der Waals surface area contributed by atoms with Crippen LogP contribution in [0.4, 0.5) is 11.4 Å². The maximum Gasteiger partial charge on any atom is 0.253 e. The fraction of sp³-hybridized carbons (Fsp3) is 0.562. The molecule has 2 N–H and O–H groups in total. The summed E-state index contributed by atoms with van der Waals surface area (Å²) in [7, 11) is 1.89. The number of carbonyl (C=O) groups is 1. The van der Waals surface area contributed by atoms with Crippen LogP contribution in [0, 0.1) is 5.92 Å². The van der Waals surface area contributed by atoms with Crippen LogP contribution in [0.3, 0.4) is 0 Å². The van der Waals surface area contributed by atoms with Crippen LogP contribution in [0.5, 0.6) is 0 Å². The first-order valence-corrected chi connectivity index (χ1v) is 7.69. The van der Waals surface area contributed by atoms with E-state index in [0.717, 1.165) is 62.6 Å². The molecular weight excluding hydrogens is 266 g/mol. The zero-order valence-corrected chi connectivity index (χ0v) is 12.5. The van der Waals surface area contributed by atoms with Crippen molar-refractivity contribution in [2.75, 3.05) is 50.5 Å². The summed E-state index contributed by atoms with van der Waals surface area (Å²) < 4.78 is 5.37. The molecule has 2 aliphatic heterocycles. The molecule has 0 spiro atoms. The maximum absolute atomic E-state index is 12.6. The highest BCUT2D eigenvalue weighted by molar-refractivity contribution is 5.96. The van der Waals surface area contributed by atoms with Crippen molar-refractivity contribution in [1.29, 1.82) is 0 Å². The van der Waals surface area contributed by atoms with Crippen LogP contribution in [-0.2, 0) is 4.74 Å². The molecule has 5 heteroatoms.